The second-order valence-electron chi connectivity index (χ2n) is 6.68. The van der Waals surface area contributed by atoms with E-state index in [1.54, 1.807) is 66.7 Å². The zero-order valence-electron chi connectivity index (χ0n) is 16.7. The second kappa shape index (κ2) is 10.7. The van der Waals surface area contributed by atoms with E-state index in [1.165, 1.54) is 0 Å². The number of rotatable bonds is 6. The number of hydrogen-bond acceptors (Lipinski definition) is 4. The molecule has 3 aromatic carbocycles. The predicted octanol–water partition coefficient (Wildman–Crippen LogP) is 6.80. The predicted molar refractivity (Wildman–Crippen MR) is 122 cm³/mol. The van der Waals surface area contributed by atoms with Crippen molar-refractivity contribution in [1.82, 2.24) is 0 Å². The van der Waals surface area contributed by atoms with Gasteiger partial charge >= 0.3 is 12.2 Å². The molecule has 0 aliphatic heterocycles. The van der Waals surface area contributed by atoms with E-state index < -0.39 is 12.2 Å². The average Bonchev–Trinajstić information content (AvgIpc) is 2.75. The maximum atomic E-state index is 12.1. The third-order valence-electron chi connectivity index (χ3n) is 4.29. The fourth-order valence-electron chi connectivity index (χ4n) is 2.59. The number of anilines is 2. The quantitative estimate of drug-likeness (QED) is 0.425. The van der Waals surface area contributed by atoms with Gasteiger partial charge in [-0.2, -0.15) is 0 Å². The van der Waals surface area contributed by atoms with Crippen molar-refractivity contribution in [2.75, 3.05) is 10.6 Å². The van der Waals surface area contributed by atoms with Crippen molar-refractivity contribution in [2.45, 2.75) is 20.1 Å². The number of carbonyl (C=O) groups excluding carboxylic acids is 2. The monoisotopic (exact) mass is 458 g/mol. The molecule has 31 heavy (non-hydrogen) atoms. The van der Waals surface area contributed by atoms with Gasteiger partial charge in [0.1, 0.15) is 13.2 Å². The number of aryl methyl sites for hydroxylation is 1. The van der Waals surface area contributed by atoms with Crippen LogP contribution in [0.4, 0.5) is 21.0 Å². The lowest BCUT2D eigenvalue weighted by Crippen LogP contribution is -2.16. The van der Waals surface area contributed by atoms with E-state index in [0.29, 0.717) is 21.4 Å². The third-order valence-corrected chi connectivity index (χ3v) is 4.79. The lowest BCUT2D eigenvalue weighted by molar-refractivity contribution is 0.154. The summed E-state index contributed by atoms with van der Waals surface area (Å²) in [6.07, 6.45) is -1.23. The Balaban J connectivity index is 1.52. The Labute approximate surface area is 190 Å². The first-order valence-electron chi connectivity index (χ1n) is 9.36. The minimum Gasteiger partial charge on any atom is -0.444 e. The van der Waals surface area contributed by atoms with Crippen LogP contribution in [-0.2, 0) is 22.7 Å². The standard InChI is InChI=1S/C23H20Cl2N2O4/c1-15-2-11-20(26-22(28)30-13-16-3-7-18(24)8-4-16)12-21(15)27-23(29)31-14-17-5-9-19(25)10-6-17/h2-12H,13-14H2,1H3,(H,26,28)(H,27,29). The fourth-order valence-corrected chi connectivity index (χ4v) is 2.85. The first-order chi connectivity index (χ1) is 14.9. The Hall–Kier alpha value is -3.22. The number of halogens is 2. The lowest BCUT2D eigenvalue weighted by Gasteiger charge is -2.12. The van der Waals surface area contributed by atoms with Gasteiger partial charge in [0.2, 0.25) is 0 Å². The van der Waals surface area contributed by atoms with Crippen LogP contribution in [-0.4, -0.2) is 12.2 Å². The number of carbonyl (C=O) groups is 2. The minimum atomic E-state index is -0.616. The van der Waals surface area contributed by atoms with Gasteiger partial charge in [0.15, 0.2) is 0 Å². The molecule has 160 valence electrons. The topological polar surface area (TPSA) is 76.7 Å². The van der Waals surface area contributed by atoms with Gasteiger partial charge in [-0.3, -0.25) is 10.6 Å². The highest BCUT2D eigenvalue weighted by Gasteiger charge is 2.10. The Morgan fingerprint density at radius 3 is 1.74 bits per heavy atom. The van der Waals surface area contributed by atoms with Gasteiger partial charge in [0, 0.05) is 21.4 Å². The van der Waals surface area contributed by atoms with E-state index in [4.69, 9.17) is 32.7 Å². The highest BCUT2D eigenvalue weighted by atomic mass is 35.5. The van der Waals surface area contributed by atoms with E-state index in [2.05, 4.69) is 10.6 Å². The van der Waals surface area contributed by atoms with E-state index in [1.807, 2.05) is 6.92 Å². The van der Waals surface area contributed by atoms with Crippen LogP contribution in [0.15, 0.2) is 66.7 Å². The van der Waals surface area contributed by atoms with E-state index >= 15 is 0 Å². The van der Waals surface area contributed by atoms with Crippen LogP contribution in [0.1, 0.15) is 16.7 Å². The summed E-state index contributed by atoms with van der Waals surface area (Å²) < 4.78 is 10.4. The Morgan fingerprint density at radius 1 is 0.742 bits per heavy atom. The second-order valence-corrected chi connectivity index (χ2v) is 7.56. The lowest BCUT2D eigenvalue weighted by atomic mass is 10.2. The molecule has 6 nitrogen and oxygen atoms in total. The largest absolute Gasteiger partial charge is 0.444 e. The smallest absolute Gasteiger partial charge is 0.411 e. The van der Waals surface area contributed by atoms with Crippen LogP contribution in [0.2, 0.25) is 10.0 Å². The van der Waals surface area contributed by atoms with Crippen LogP contribution in [0.25, 0.3) is 0 Å². The van der Waals surface area contributed by atoms with Crippen LogP contribution in [0.5, 0.6) is 0 Å². The van der Waals surface area contributed by atoms with Crippen molar-refractivity contribution in [3.63, 3.8) is 0 Å². The molecule has 0 radical (unpaired) electrons. The van der Waals surface area contributed by atoms with Crippen LogP contribution < -0.4 is 10.6 Å². The molecule has 8 heteroatoms. The maximum Gasteiger partial charge on any atom is 0.411 e. The summed E-state index contributed by atoms with van der Waals surface area (Å²) in [6.45, 7) is 2.05. The molecule has 0 aromatic heterocycles. The first-order valence-corrected chi connectivity index (χ1v) is 10.1. The van der Waals surface area contributed by atoms with E-state index in [0.717, 1.165) is 16.7 Å². The summed E-state index contributed by atoms with van der Waals surface area (Å²) >= 11 is 11.7. The summed E-state index contributed by atoms with van der Waals surface area (Å²) in [5.41, 5.74) is 3.42. The number of hydrogen-bond donors (Lipinski definition) is 2. The number of nitrogens with one attached hydrogen (secondary N) is 2. The van der Waals surface area contributed by atoms with Gasteiger partial charge in [0.05, 0.1) is 0 Å². The molecule has 0 saturated heterocycles. The molecule has 0 aliphatic rings. The Kier molecular flexibility index (Phi) is 7.76. The van der Waals surface area contributed by atoms with E-state index in [9.17, 15) is 9.59 Å². The molecule has 0 spiro atoms. The molecule has 0 aliphatic carbocycles. The van der Waals surface area contributed by atoms with Crippen molar-refractivity contribution in [2.24, 2.45) is 0 Å². The van der Waals surface area contributed by atoms with Crippen molar-refractivity contribution < 1.29 is 19.1 Å². The van der Waals surface area contributed by atoms with Gasteiger partial charge in [0.25, 0.3) is 0 Å². The average molecular weight is 459 g/mol. The molecule has 0 saturated carbocycles. The molecule has 2 amide bonds. The van der Waals surface area contributed by atoms with E-state index in [-0.39, 0.29) is 13.2 Å². The summed E-state index contributed by atoms with van der Waals surface area (Å²) in [6, 6.07) is 19.1. The van der Waals surface area contributed by atoms with Crippen molar-refractivity contribution in [1.29, 1.82) is 0 Å². The summed E-state index contributed by atoms with van der Waals surface area (Å²) in [4.78, 5) is 24.2. The molecule has 3 aromatic rings. The number of benzene rings is 3. The molecule has 0 unspecified atom stereocenters. The zero-order chi connectivity index (χ0) is 22.2. The zero-order valence-corrected chi connectivity index (χ0v) is 18.2. The summed E-state index contributed by atoms with van der Waals surface area (Å²) in [5, 5.41) is 6.53. The maximum absolute atomic E-state index is 12.1. The highest BCUT2D eigenvalue weighted by Crippen LogP contribution is 2.21. The minimum absolute atomic E-state index is 0.108. The van der Waals surface area contributed by atoms with Gasteiger partial charge in [-0.05, 0) is 60.0 Å². The molecular formula is C23H20Cl2N2O4. The molecule has 3 rings (SSSR count). The number of amides is 2. The van der Waals surface area contributed by atoms with Gasteiger partial charge in [-0.15, -0.1) is 0 Å². The van der Waals surface area contributed by atoms with Crippen molar-refractivity contribution >= 4 is 46.8 Å². The van der Waals surface area contributed by atoms with Gasteiger partial charge in [-0.25, -0.2) is 9.59 Å². The van der Waals surface area contributed by atoms with Crippen molar-refractivity contribution in [3.05, 3.63) is 93.5 Å². The van der Waals surface area contributed by atoms with Gasteiger partial charge < -0.3 is 9.47 Å². The third kappa shape index (κ3) is 7.20. The molecule has 0 atom stereocenters. The molecular weight excluding hydrogens is 439 g/mol. The molecule has 0 fully saturated rings. The van der Waals surface area contributed by atoms with Crippen LogP contribution in [0, 0.1) is 6.92 Å². The van der Waals surface area contributed by atoms with Gasteiger partial charge in [-0.1, -0.05) is 53.5 Å². The normalized spacial score (nSPS) is 10.3. The summed E-state index contributed by atoms with van der Waals surface area (Å²) in [7, 11) is 0. The fraction of sp³-hybridized carbons (Fsp3) is 0.130. The highest BCUT2D eigenvalue weighted by molar-refractivity contribution is 6.30. The van der Waals surface area contributed by atoms with Crippen LogP contribution in [0.3, 0.4) is 0 Å². The first kappa shape index (κ1) is 22.5. The Bertz CT molecular complexity index is 1050. The Morgan fingerprint density at radius 2 is 1.23 bits per heavy atom. The number of ether oxygens (including phenoxy) is 2. The SMILES string of the molecule is Cc1ccc(NC(=O)OCc2ccc(Cl)cc2)cc1NC(=O)OCc1ccc(Cl)cc1. The molecule has 2 N–H and O–H groups in total. The van der Waals surface area contributed by atoms with Crippen LogP contribution >= 0.6 is 23.2 Å². The molecule has 0 heterocycles. The molecule has 0 bridgehead atoms. The van der Waals surface area contributed by atoms with Crippen molar-refractivity contribution in [3.8, 4) is 0 Å². The summed E-state index contributed by atoms with van der Waals surface area (Å²) in [5.74, 6) is 0.